The van der Waals surface area contributed by atoms with Gasteiger partial charge in [-0.25, -0.2) is 0 Å². The van der Waals surface area contributed by atoms with Crippen molar-refractivity contribution in [3.8, 4) is 0 Å². The van der Waals surface area contributed by atoms with Gasteiger partial charge in [0.15, 0.2) is 0 Å². The predicted octanol–water partition coefficient (Wildman–Crippen LogP) is 1.08. The topological polar surface area (TPSA) is 97.0 Å². The van der Waals surface area contributed by atoms with Crippen LogP contribution in [0, 0.1) is 0 Å². The molecule has 9 nitrogen and oxygen atoms in total. The highest BCUT2D eigenvalue weighted by Crippen LogP contribution is 2.20. The van der Waals surface area contributed by atoms with Crippen LogP contribution in [0.3, 0.4) is 0 Å². The van der Waals surface area contributed by atoms with Gasteiger partial charge in [0.05, 0.1) is 18.1 Å². The van der Waals surface area contributed by atoms with E-state index >= 15 is 0 Å². The molecule has 0 saturated carbocycles. The SMILES string of the molecule is O=C1NCCCCN2CCC[C@H]2C(=O)NCCCCN2CCC[C@H]2C(=O)NCCCCN2CCC[C@@H]12. The number of rotatable bonds is 0. The zero-order valence-electron chi connectivity index (χ0n) is 22.1. The molecular formula is C27H48N6O3. The van der Waals surface area contributed by atoms with E-state index in [1.165, 1.54) is 0 Å². The van der Waals surface area contributed by atoms with Crippen molar-refractivity contribution >= 4 is 17.7 Å². The van der Waals surface area contributed by atoms with Crippen molar-refractivity contribution in [2.45, 2.75) is 95.2 Å². The third-order valence-corrected chi connectivity index (χ3v) is 8.51. The Labute approximate surface area is 217 Å². The Morgan fingerprint density at radius 2 is 0.694 bits per heavy atom. The first-order chi connectivity index (χ1) is 17.6. The van der Waals surface area contributed by atoms with Crippen molar-refractivity contribution in [2.75, 3.05) is 58.9 Å². The van der Waals surface area contributed by atoms with Gasteiger partial charge in [0.25, 0.3) is 0 Å². The fourth-order valence-corrected chi connectivity index (χ4v) is 6.48. The maximum absolute atomic E-state index is 12.8. The molecule has 3 N–H and O–H groups in total. The van der Waals surface area contributed by atoms with Crippen LogP contribution in [0.1, 0.15) is 77.0 Å². The second-order valence-corrected chi connectivity index (χ2v) is 11.1. The van der Waals surface area contributed by atoms with Gasteiger partial charge in [0, 0.05) is 19.6 Å². The Balaban J connectivity index is 1.30. The van der Waals surface area contributed by atoms with Crippen LogP contribution in [0.2, 0.25) is 0 Å². The number of nitrogens with one attached hydrogen (secondary N) is 3. The largest absolute Gasteiger partial charge is 0.355 e. The van der Waals surface area contributed by atoms with Crippen molar-refractivity contribution < 1.29 is 14.4 Å². The van der Waals surface area contributed by atoms with Crippen molar-refractivity contribution in [1.82, 2.24) is 30.7 Å². The Morgan fingerprint density at radius 3 is 1.00 bits per heavy atom. The molecule has 3 atom stereocenters. The maximum atomic E-state index is 12.8. The standard InChI is InChI=1S/C27H48N6O3/c34-25-22-10-8-20-32(22)17-5-2-15-30-27(36)24-12-9-21-33(24)18-6-3-14-29-26(35)23-11-7-19-31(23)16-4-1-13-28-25/h22-24H,1-21H2,(H,28,34)(H,29,35)(H,30,36)/t22-,23-,24-/m0/s1. The number of nitrogens with zero attached hydrogens (tertiary/aromatic N) is 3. The Hall–Kier alpha value is -1.71. The molecule has 0 bridgehead atoms. The first kappa shape index (κ1) is 27.3. The van der Waals surface area contributed by atoms with Crippen molar-refractivity contribution in [2.24, 2.45) is 0 Å². The quantitative estimate of drug-likeness (QED) is 0.457. The van der Waals surface area contributed by atoms with Gasteiger partial charge in [-0.15, -0.1) is 0 Å². The van der Waals surface area contributed by atoms with E-state index in [2.05, 4.69) is 30.7 Å². The molecule has 3 amide bonds. The monoisotopic (exact) mass is 504 g/mol. The number of carbonyl (C=O) groups is 3. The fourth-order valence-electron chi connectivity index (χ4n) is 6.48. The minimum absolute atomic E-state index is 0.0103. The van der Waals surface area contributed by atoms with Gasteiger partial charge >= 0.3 is 0 Å². The molecule has 0 aromatic rings. The van der Waals surface area contributed by atoms with E-state index in [-0.39, 0.29) is 35.8 Å². The molecular weight excluding hydrogens is 456 g/mol. The fraction of sp³-hybridized carbons (Fsp3) is 0.889. The molecule has 4 fully saturated rings. The van der Waals surface area contributed by atoms with Gasteiger partial charge < -0.3 is 16.0 Å². The van der Waals surface area contributed by atoms with Crippen LogP contribution in [0.25, 0.3) is 0 Å². The molecule has 4 aliphatic rings. The highest BCUT2D eigenvalue weighted by atomic mass is 16.2. The lowest BCUT2D eigenvalue weighted by molar-refractivity contribution is -0.126. The van der Waals surface area contributed by atoms with Gasteiger partial charge in [-0.3, -0.25) is 29.1 Å². The summed E-state index contributed by atoms with van der Waals surface area (Å²) < 4.78 is 0. The average molecular weight is 505 g/mol. The molecule has 204 valence electrons. The van der Waals surface area contributed by atoms with Gasteiger partial charge in [0.1, 0.15) is 0 Å². The molecule has 4 aliphatic heterocycles. The lowest BCUT2D eigenvalue weighted by Crippen LogP contribution is -2.45. The number of amides is 3. The van der Waals surface area contributed by atoms with E-state index in [1.807, 2.05) is 0 Å². The minimum Gasteiger partial charge on any atom is -0.355 e. The van der Waals surface area contributed by atoms with Gasteiger partial charge in [0.2, 0.25) is 17.7 Å². The Bertz CT molecular complexity index is 639. The molecule has 0 aromatic carbocycles. The zero-order valence-corrected chi connectivity index (χ0v) is 22.1. The smallest absolute Gasteiger partial charge is 0.237 e. The van der Waals surface area contributed by atoms with Crippen molar-refractivity contribution in [3.05, 3.63) is 0 Å². The van der Waals surface area contributed by atoms with E-state index in [0.29, 0.717) is 19.6 Å². The number of carbonyl (C=O) groups excluding carboxylic acids is 3. The summed E-state index contributed by atoms with van der Waals surface area (Å²) in [5.74, 6) is 0.486. The summed E-state index contributed by atoms with van der Waals surface area (Å²) in [7, 11) is 0. The van der Waals surface area contributed by atoms with E-state index < -0.39 is 0 Å². The van der Waals surface area contributed by atoms with Crippen LogP contribution in [0.5, 0.6) is 0 Å². The first-order valence-corrected chi connectivity index (χ1v) is 14.7. The molecule has 0 spiro atoms. The predicted molar refractivity (Wildman–Crippen MR) is 141 cm³/mol. The van der Waals surface area contributed by atoms with Gasteiger partial charge in [-0.1, -0.05) is 0 Å². The molecule has 0 aliphatic carbocycles. The lowest BCUT2D eigenvalue weighted by atomic mass is 10.1. The average Bonchev–Trinajstić information content (AvgIpc) is 3.63. The third kappa shape index (κ3) is 7.65. The van der Waals surface area contributed by atoms with E-state index in [4.69, 9.17) is 0 Å². The highest BCUT2D eigenvalue weighted by molar-refractivity contribution is 5.83. The van der Waals surface area contributed by atoms with Crippen LogP contribution in [-0.2, 0) is 14.4 Å². The first-order valence-electron chi connectivity index (χ1n) is 14.7. The third-order valence-electron chi connectivity index (χ3n) is 8.51. The van der Waals surface area contributed by atoms with Crippen LogP contribution in [0.4, 0.5) is 0 Å². The van der Waals surface area contributed by atoms with Crippen molar-refractivity contribution in [1.29, 1.82) is 0 Å². The highest BCUT2D eigenvalue weighted by Gasteiger charge is 2.32. The van der Waals surface area contributed by atoms with Crippen LogP contribution in [0.15, 0.2) is 0 Å². The zero-order chi connectivity index (χ0) is 25.2. The van der Waals surface area contributed by atoms with E-state index in [0.717, 1.165) is 116 Å². The summed E-state index contributed by atoms with van der Waals surface area (Å²) in [4.78, 5) is 45.4. The number of fused-ring (bicyclic) bond motifs is 3. The number of hydrogen-bond donors (Lipinski definition) is 3. The number of hydrogen-bond acceptors (Lipinski definition) is 6. The van der Waals surface area contributed by atoms with Crippen LogP contribution < -0.4 is 16.0 Å². The normalized spacial score (nSPS) is 32.0. The molecule has 0 unspecified atom stereocenters. The lowest BCUT2D eigenvalue weighted by Gasteiger charge is -2.25. The van der Waals surface area contributed by atoms with Gasteiger partial charge in [-0.05, 0) is 116 Å². The summed E-state index contributed by atoms with van der Waals surface area (Å²) in [6.45, 7) is 7.83. The summed E-state index contributed by atoms with van der Waals surface area (Å²) in [6, 6.07) is -0.0310. The second-order valence-electron chi connectivity index (χ2n) is 11.1. The summed E-state index contributed by atoms with van der Waals surface area (Å²) in [5, 5.41) is 9.48. The summed E-state index contributed by atoms with van der Waals surface area (Å²) in [5.41, 5.74) is 0. The molecule has 4 saturated heterocycles. The molecule has 36 heavy (non-hydrogen) atoms. The molecule has 0 radical (unpaired) electrons. The van der Waals surface area contributed by atoms with E-state index in [1.54, 1.807) is 0 Å². The van der Waals surface area contributed by atoms with Crippen LogP contribution in [-0.4, -0.2) is 109 Å². The summed E-state index contributed by atoms with van der Waals surface area (Å²) in [6.07, 6.45) is 11.9. The van der Waals surface area contributed by atoms with Crippen LogP contribution >= 0.6 is 0 Å². The molecule has 4 heterocycles. The molecule has 0 aromatic heterocycles. The maximum Gasteiger partial charge on any atom is 0.237 e. The second kappa shape index (κ2) is 14.3. The Kier molecular flexibility index (Phi) is 10.8. The van der Waals surface area contributed by atoms with Gasteiger partial charge in [-0.2, -0.15) is 0 Å². The van der Waals surface area contributed by atoms with E-state index in [9.17, 15) is 14.4 Å². The summed E-state index contributed by atoms with van der Waals surface area (Å²) >= 11 is 0. The molecule has 9 heteroatoms. The minimum atomic E-state index is -0.0103. The molecule has 4 rings (SSSR count). The van der Waals surface area contributed by atoms with Crippen molar-refractivity contribution in [3.63, 3.8) is 0 Å². The Morgan fingerprint density at radius 1 is 0.417 bits per heavy atom.